The van der Waals surface area contributed by atoms with Crippen molar-refractivity contribution in [3.05, 3.63) is 35.4 Å². The van der Waals surface area contributed by atoms with Crippen LogP contribution in [0.2, 0.25) is 0 Å². The highest BCUT2D eigenvalue weighted by Gasteiger charge is 2.42. The summed E-state index contributed by atoms with van der Waals surface area (Å²) in [5.74, 6) is 0.0868. The lowest BCUT2D eigenvalue weighted by atomic mass is 9.95. The van der Waals surface area contributed by atoms with Crippen LogP contribution in [0.4, 0.5) is 0 Å². The van der Waals surface area contributed by atoms with Crippen molar-refractivity contribution in [3.8, 4) is 0 Å². The third kappa shape index (κ3) is 2.86. The van der Waals surface area contributed by atoms with Crippen molar-refractivity contribution in [1.82, 2.24) is 10.6 Å². The molecule has 1 aliphatic carbocycles. The number of carbonyl (C=O) groups excluding carboxylic acids is 1. The number of benzene rings is 1. The molecule has 1 amide bonds. The van der Waals surface area contributed by atoms with Crippen LogP contribution in [0.1, 0.15) is 30.4 Å². The molecule has 108 valence electrons. The molecule has 0 aromatic heterocycles. The zero-order chi connectivity index (χ0) is 14.0. The molecule has 4 nitrogen and oxygen atoms in total. The van der Waals surface area contributed by atoms with Crippen LogP contribution in [0.3, 0.4) is 0 Å². The van der Waals surface area contributed by atoms with Crippen molar-refractivity contribution in [3.63, 3.8) is 0 Å². The van der Waals surface area contributed by atoms with E-state index in [4.69, 9.17) is 5.11 Å². The number of aliphatic hydroxyl groups excluding tert-OH is 1. The van der Waals surface area contributed by atoms with Gasteiger partial charge in [0.1, 0.15) is 0 Å². The van der Waals surface area contributed by atoms with Crippen LogP contribution < -0.4 is 10.6 Å². The van der Waals surface area contributed by atoms with Gasteiger partial charge in [0, 0.05) is 19.7 Å². The maximum absolute atomic E-state index is 12.3. The molecule has 4 heteroatoms. The highest BCUT2D eigenvalue weighted by molar-refractivity contribution is 5.82. The summed E-state index contributed by atoms with van der Waals surface area (Å²) >= 11 is 0. The van der Waals surface area contributed by atoms with Gasteiger partial charge in [-0.2, -0.15) is 0 Å². The van der Waals surface area contributed by atoms with Gasteiger partial charge in [0.15, 0.2) is 0 Å². The number of rotatable bonds is 5. The second-order valence-electron chi connectivity index (χ2n) is 6.10. The highest BCUT2D eigenvalue weighted by atomic mass is 16.3. The van der Waals surface area contributed by atoms with Crippen molar-refractivity contribution in [1.29, 1.82) is 0 Å². The molecule has 3 rings (SSSR count). The molecule has 1 aromatic rings. The fourth-order valence-corrected chi connectivity index (χ4v) is 2.97. The first-order valence-corrected chi connectivity index (χ1v) is 7.41. The smallest absolute Gasteiger partial charge is 0.237 e. The van der Waals surface area contributed by atoms with Crippen LogP contribution >= 0.6 is 0 Å². The monoisotopic (exact) mass is 274 g/mol. The summed E-state index contributed by atoms with van der Waals surface area (Å²) in [6.45, 7) is 1.67. The Morgan fingerprint density at radius 2 is 2.10 bits per heavy atom. The van der Waals surface area contributed by atoms with Gasteiger partial charge in [0.05, 0.1) is 6.04 Å². The fourth-order valence-electron chi connectivity index (χ4n) is 2.97. The first-order valence-electron chi connectivity index (χ1n) is 7.41. The zero-order valence-corrected chi connectivity index (χ0v) is 11.7. The molecule has 0 radical (unpaired) electrons. The lowest BCUT2D eigenvalue weighted by Crippen LogP contribution is -2.48. The van der Waals surface area contributed by atoms with Gasteiger partial charge < -0.3 is 15.7 Å². The summed E-state index contributed by atoms with van der Waals surface area (Å²) in [6.07, 6.45) is 3.80. The molecule has 0 saturated heterocycles. The minimum absolute atomic E-state index is 0.0868. The number of fused-ring (bicyclic) bond motifs is 1. The second-order valence-corrected chi connectivity index (χ2v) is 6.10. The van der Waals surface area contributed by atoms with Gasteiger partial charge >= 0.3 is 0 Å². The minimum atomic E-state index is -0.130. The van der Waals surface area contributed by atoms with Crippen LogP contribution in [0, 0.1) is 5.41 Å². The van der Waals surface area contributed by atoms with Gasteiger partial charge in [-0.15, -0.1) is 0 Å². The van der Waals surface area contributed by atoms with Gasteiger partial charge in [0.25, 0.3) is 0 Å². The average Bonchev–Trinajstić information content (AvgIpc) is 3.25. The maximum atomic E-state index is 12.3. The summed E-state index contributed by atoms with van der Waals surface area (Å²) in [4.78, 5) is 12.3. The van der Waals surface area contributed by atoms with Crippen LogP contribution in [-0.2, 0) is 17.8 Å². The number of hydrogen-bond acceptors (Lipinski definition) is 3. The van der Waals surface area contributed by atoms with Crippen molar-refractivity contribution >= 4 is 5.91 Å². The zero-order valence-electron chi connectivity index (χ0n) is 11.7. The molecule has 0 unspecified atom stereocenters. The Labute approximate surface area is 119 Å². The quantitative estimate of drug-likeness (QED) is 0.750. The van der Waals surface area contributed by atoms with E-state index in [1.807, 2.05) is 12.1 Å². The van der Waals surface area contributed by atoms with E-state index in [1.54, 1.807) is 0 Å². The molecule has 0 bridgehead atoms. The molecular formula is C16H22N2O2. The van der Waals surface area contributed by atoms with Crippen molar-refractivity contribution < 1.29 is 9.90 Å². The van der Waals surface area contributed by atoms with E-state index < -0.39 is 0 Å². The first kappa shape index (κ1) is 13.6. The number of hydrogen-bond donors (Lipinski definition) is 3. The van der Waals surface area contributed by atoms with Crippen LogP contribution in [0.15, 0.2) is 24.3 Å². The second kappa shape index (κ2) is 5.54. The Balaban J connectivity index is 1.54. The van der Waals surface area contributed by atoms with E-state index >= 15 is 0 Å². The largest absolute Gasteiger partial charge is 0.396 e. The molecule has 1 aromatic carbocycles. The highest BCUT2D eigenvalue weighted by Crippen LogP contribution is 2.47. The predicted octanol–water partition coefficient (Wildman–Crippen LogP) is 0.980. The first-order chi connectivity index (χ1) is 9.72. The molecular weight excluding hydrogens is 252 g/mol. The SMILES string of the molecule is O=C(NCC1(CCO)CC1)[C@H]1Cc2ccccc2CN1. The molecule has 1 aliphatic heterocycles. The number of nitrogens with one attached hydrogen (secondary N) is 2. The van der Waals surface area contributed by atoms with Gasteiger partial charge in [-0.1, -0.05) is 24.3 Å². The Bertz CT molecular complexity index is 497. The molecule has 20 heavy (non-hydrogen) atoms. The summed E-state index contributed by atoms with van der Waals surface area (Å²) in [5.41, 5.74) is 2.73. The number of amides is 1. The van der Waals surface area contributed by atoms with E-state index in [-0.39, 0.29) is 24.0 Å². The topological polar surface area (TPSA) is 61.4 Å². The summed E-state index contributed by atoms with van der Waals surface area (Å²) in [6, 6.07) is 8.14. The summed E-state index contributed by atoms with van der Waals surface area (Å²) in [7, 11) is 0. The lowest BCUT2D eigenvalue weighted by Gasteiger charge is -2.26. The molecule has 1 atom stereocenters. The van der Waals surface area contributed by atoms with Gasteiger partial charge in [0.2, 0.25) is 5.91 Å². The normalized spacial score (nSPS) is 22.9. The summed E-state index contributed by atoms with van der Waals surface area (Å²) in [5, 5.41) is 15.4. The molecule has 1 fully saturated rings. The Morgan fingerprint density at radius 1 is 1.35 bits per heavy atom. The third-order valence-corrected chi connectivity index (χ3v) is 4.63. The predicted molar refractivity (Wildman–Crippen MR) is 77.2 cm³/mol. The van der Waals surface area contributed by atoms with E-state index in [2.05, 4.69) is 22.8 Å². The Morgan fingerprint density at radius 3 is 2.80 bits per heavy atom. The molecule has 0 spiro atoms. The van der Waals surface area contributed by atoms with E-state index in [9.17, 15) is 4.79 Å². The lowest BCUT2D eigenvalue weighted by molar-refractivity contribution is -0.123. The Kier molecular flexibility index (Phi) is 3.76. The van der Waals surface area contributed by atoms with Crippen molar-refractivity contribution in [2.24, 2.45) is 5.41 Å². The van der Waals surface area contributed by atoms with Crippen molar-refractivity contribution in [2.75, 3.05) is 13.2 Å². The van der Waals surface area contributed by atoms with E-state index in [0.717, 1.165) is 32.2 Å². The molecule has 3 N–H and O–H groups in total. The minimum Gasteiger partial charge on any atom is -0.396 e. The maximum Gasteiger partial charge on any atom is 0.237 e. The van der Waals surface area contributed by atoms with Crippen LogP contribution in [0.5, 0.6) is 0 Å². The molecule has 1 heterocycles. The van der Waals surface area contributed by atoms with Crippen LogP contribution in [-0.4, -0.2) is 30.2 Å². The van der Waals surface area contributed by atoms with E-state index in [0.29, 0.717) is 6.54 Å². The average molecular weight is 274 g/mol. The van der Waals surface area contributed by atoms with Gasteiger partial charge in [-0.05, 0) is 42.2 Å². The van der Waals surface area contributed by atoms with Gasteiger partial charge in [-0.3, -0.25) is 4.79 Å². The van der Waals surface area contributed by atoms with Crippen LogP contribution in [0.25, 0.3) is 0 Å². The third-order valence-electron chi connectivity index (χ3n) is 4.63. The summed E-state index contributed by atoms with van der Waals surface area (Å²) < 4.78 is 0. The molecule has 2 aliphatic rings. The number of aliphatic hydroxyl groups is 1. The van der Waals surface area contributed by atoms with Gasteiger partial charge in [-0.25, -0.2) is 0 Å². The molecule has 1 saturated carbocycles. The van der Waals surface area contributed by atoms with E-state index in [1.165, 1.54) is 11.1 Å². The standard InChI is InChI=1S/C16H22N2O2/c19-8-7-16(5-6-16)11-18-15(20)14-9-12-3-1-2-4-13(12)10-17-14/h1-4,14,17,19H,5-11H2,(H,18,20)/t14-/m1/s1. The fraction of sp³-hybridized carbons (Fsp3) is 0.562. The Hall–Kier alpha value is -1.39. The van der Waals surface area contributed by atoms with Crippen molar-refractivity contribution in [2.45, 2.75) is 38.3 Å². The number of carbonyl (C=O) groups is 1.